The molecular formula is C19H24N4O2. The van der Waals surface area contributed by atoms with Crippen LogP contribution in [0.2, 0.25) is 0 Å². The highest BCUT2D eigenvalue weighted by Gasteiger charge is 2.21. The number of carbonyl (C=O) groups is 1. The maximum absolute atomic E-state index is 12.5. The molecule has 2 heterocycles. The van der Waals surface area contributed by atoms with E-state index in [0.717, 1.165) is 25.2 Å². The van der Waals surface area contributed by atoms with Crippen LogP contribution >= 0.6 is 0 Å². The lowest BCUT2D eigenvalue weighted by atomic mass is 10.2. The van der Waals surface area contributed by atoms with Gasteiger partial charge in [-0.25, -0.2) is 4.79 Å². The number of nitrogens with zero attached hydrogens (tertiary/aromatic N) is 3. The summed E-state index contributed by atoms with van der Waals surface area (Å²) in [6.45, 7) is 6.04. The fourth-order valence-electron chi connectivity index (χ4n) is 2.95. The molecule has 1 aliphatic rings. The number of anilines is 1. The molecule has 6 nitrogen and oxygen atoms in total. The first-order valence-electron chi connectivity index (χ1n) is 8.47. The van der Waals surface area contributed by atoms with Gasteiger partial charge in [-0.15, -0.1) is 0 Å². The average molecular weight is 340 g/mol. The Bertz CT molecular complexity index is 713. The third-order valence-electron chi connectivity index (χ3n) is 4.41. The Balaban J connectivity index is 1.53. The molecule has 0 atom stereocenters. The Morgan fingerprint density at radius 1 is 1.16 bits per heavy atom. The van der Waals surface area contributed by atoms with Crippen LogP contribution in [0.1, 0.15) is 11.1 Å². The second-order valence-electron chi connectivity index (χ2n) is 6.25. The van der Waals surface area contributed by atoms with Gasteiger partial charge in [0.05, 0.1) is 12.8 Å². The van der Waals surface area contributed by atoms with Crippen LogP contribution in [0.15, 0.2) is 42.7 Å². The number of amides is 2. The van der Waals surface area contributed by atoms with E-state index < -0.39 is 0 Å². The fraction of sp³-hybridized carbons (Fsp3) is 0.368. The number of urea groups is 1. The number of piperazine rings is 1. The van der Waals surface area contributed by atoms with Crippen LogP contribution < -0.4 is 10.1 Å². The molecule has 1 fully saturated rings. The van der Waals surface area contributed by atoms with Gasteiger partial charge in [0.2, 0.25) is 0 Å². The number of nitrogens with one attached hydrogen (secondary N) is 1. The molecule has 2 aromatic rings. The first kappa shape index (κ1) is 17.2. The number of pyridine rings is 1. The van der Waals surface area contributed by atoms with E-state index in [-0.39, 0.29) is 6.03 Å². The summed E-state index contributed by atoms with van der Waals surface area (Å²) < 4.78 is 5.35. The van der Waals surface area contributed by atoms with Crippen LogP contribution in [0.25, 0.3) is 0 Å². The third-order valence-corrected chi connectivity index (χ3v) is 4.41. The van der Waals surface area contributed by atoms with Crippen molar-refractivity contribution < 1.29 is 9.53 Å². The van der Waals surface area contributed by atoms with E-state index in [1.54, 1.807) is 7.11 Å². The Kier molecular flexibility index (Phi) is 5.50. The monoisotopic (exact) mass is 340 g/mol. The number of hydrogen-bond donors (Lipinski definition) is 1. The molecule has 2 amide bonds. The highest BCUT2D eigenvalue weighted by molar-refractivity contribution is 5.91. The molecule has 0 radical (unpaired) electrons. The van der Waals surface area contributed by atoms with Gasteiger partial charge < -0.3 is 15.0 Å². The molecule has 1 N–H and O–H groups in total. The quantitative estimate of drug-likeness (QED) is 0.930. The number of benzene rings is 1. The maximum Gasteiger partial charge on any atom is 0.322 e. The van der Waals surface area contributed by atoms with Crippen molar-refractivity contribution in [3.63, 3.8) is 0 Å². The van der Waals surface area contributed by atoms with Gasteiger partial charge in [-0.3, -0.25) is 9.88 Å². The largest absolute Gasteiger partial charge is 0.495 e. The lowest BCUT2D eigenvalue weighted by Crippen LogP contribution is -2.49. The van der Waals surface area contributed by atoms with Crippen molar-refractivity contribution in [3.8, 4) is 5.75 Å². The first-order valence-corrected chi connectivity index (χ1v) is 8.47. The average Bonchev–Trinajstić information content (AvgIpc) is 2.64. The number of carbonyl (C=O) groups excluding carboxylic acids is 1. The number of aryl methyl sites for hydroxylation is 1. The van der Waals surface area contributed by atoms with E-state index in [0.29, 0.717) is 24.5 Å². The Morgan fingerprint density at radius 2 is 1.88 bits per heavy atom. The lowest BCUT2D eigenvalue weighted by Gasteiger charge is -2.34. The minimum Gasteiger partial charge on any atom is -0.495 e. The summed E-state index contributed by atoms with van der Waals surface area (Å²) in [5, 5.41) is 2.96. The predicted molar refractivity (Wildman–Crippen MR) is 97.8 cm³/mol. The van der Waals surface area contributed by atoms with Crippen LogP contribution in [-0.2, 0) is 6.54 Å². The number of methoxy groups -OCH3 is 1. The zero-order valence-corrected chi connectivity index (χ0v) is 14.7. The van der Waals surface area contributed by atoms with Crippen molar-refractivity contribution in [2.45, 2.75) is 13.5 Å². The molecule has 6 heteroatoms. The standard InChI is InChI=1S/C19H24N4O2/c1-15-3-4-17(18(13-15)25-2)21-19(24)23-11-9-22(10-12-23)14-16-5-7-20-8-6-16/h3-8,13H,9-12,14H2,1-2H3,(H,21,24). The van der Waals surface area contributed by atoms with Crippen LogP contribution in [0.4, 0.5) is 10.5 Å². The van der Waals surface area contributed by atoms with E-state index in [1.165, 1.54) is 5.56 Å². The van der Waals surface area contributed by atoms with Gasteiger partial charge in [0.15, 0.2) is 0 Å². The van der Waals surface area contributed by atoms with E-state index in [4.69, 9.17) is 4.74 Å². The summed E-state index contributed by atoms with van der Waals surface area (Å²) in [6.07, 6.45) is 3.63. The Morgan fingerprint density at radius 3 is 2.56 bits per heavy atom. The zero-order valence-electron chi connectivity index (χ0n) is 14.7. The van der Waals surface area contributed by atoms with Gasteiger partial charge in [-0.2, -0.15) is 0 Å². The summed E-state index contributed by atoms with van der Waals surface area (Å²) in [5.41, 5.74) is 3.05. The number of hydrogen-bond acceptors (Lipinski definition) is 4. The molecule has 1 aromatic carbocycles. The summed E-state index contributed by atoms with van der Waals surface area (Å²) in [4.78, 5) is 20.8. The van der Waals surface area contributed by atoms with Gasteiger partial charge in [-0.1, -0.05) is 6.07 Å². The fourth-order valence-corrected chi connectivity index (χ4v) is 2.95. The highest BCUT2D eigenvalue weighted by Crippen LogP contribution is 2.25. The van der Waals surface area contributed by atoms with Crippen LogP contribution in [-0.4, -0.2) is 54.1 Å². The molecule has 0 saturated carbocycles. The second-order valence-corrected chi connectivity index (χ2v) is 6.25. The zero-order chi connectivity index (χ0) is 17.6. The van der Waals surface area contributed by atoms with E-state index >= 15 is 0 Å². The molecule has 0 bridgehead atoms. The summed E-state index contributed by atoms with van der Waals surface area (Å²) in [5.74, 6) is 0.685. The number of aromatic nitrogens is 1. The summed E-state index contributed by atoms with van der Waals surface area (Å²) >= 11 is 0. The van der Waals surface area contributed by atoms with Crippen LogP contribution in [0, 0.1) is 6.92 Å². The summed E-state index contributed by atoms with van der Waals surface area (Å²) in [6, 6.07) is 9.75. The first-order chi connectivity index (χ1) is 12.2. The van der Waals surface area contributed by atoms with Crippen LogP contribution in [0.5, 0.6) is 5.75 Å². The molecule has 132 valence electrons. The third kappa shape index (κ3) is 4.48. The Hall–Kier alpha value is -2.60. The van der Waals surface area contributed by atoms with E-state index in [2.05, 4.69) is 15.2 Å². The van der Waals surface area contributed by atoms with Gasteiger partial charge in [0.25, 0.3) is 0 Å². The van der Waals surface area contributed by atoms with Gasteiger partial charge in [0, 0.05) is 45.1 Å². The van der Waals surface area contributed by atoms with Gasteiger partial charge in [-0.05, 0) is 42.3 Å². The smallest absolute Gasteiger partial charge is 0.322 e. The van der Waals surface area contributed by atoms with Crippen molar-refractivity contribution in [1.29, 1.82) is 0 Å². The molecule has 25 heavy (non-hydrogen) atoms. The molecule has 0 aliphatic carbocycles. The minimum atomic E-state index is -0.0780. The van der Waals surface area contributed by atoms with Crippen LogP contribution in [0.3, 0.4) is 0 Å². The maximum atomic E-state index is 12.5. The SMILES string of the molecule is COc1cc(C)ccc1NC(=O)N1CCN(Cc2ccncc2)CC1. The molecule has 0 spiro atoms. The molecule has 1 aliphatic heterocycles. The minimum absolute atomic E-state index is 0.0780. The topological polar surface area (TPSA) is 57.7 Å². The van der Waals surface area contributed by atoms with Gasteiger partial charge >= 0.3 is 6.03 Å². The molecular weight excluding hydrogens is 316 g/mol. The highest BCUT2D eigenvalue weighted by atomic mass is 16.5. The second kappa shape index (κ2) is 7.98. The van der Waals surface area contributed by atoms with E-state index in [1.807, 2.05) is 54.5 Å². The number of ether oxygens (including phenoxy) is 1. The van der Waals surface area contributed by atoms with Gasteiger partial charge in [0.1, 0.15) is 5.75 Å². The predicted octanol–water partition coefficient (Wildman–Crippen LogP) is 2.75. The van der Waals surface area contributed by atoms with E-state index in [9.17, 15) is 4.79 Å². The Labute approximate surface area is 148 Å². The van der Waals surface area contributed by atoms with Crippen molar-refractivity contribution in [2.75, 3.05) is 38.6 Å². The normalized spacial score (nSPS) is 15.0. The van der Waals surface area contributed by atoms with Crippen molar-refractivity contribution >= 4 is 11.7 Å². The van der Waals surface area contributed by atoms with Crippen molar-refractivity contribution in [2.24, 2.45) is 0 Å². The van der Waals surface area contributed by atoms with Crippen molar-refractivity contribution in [1.82, 2.24) is 14.8 Å². The molecule has 3 rings (SSSR count). The molecule has 1 aromatic heterocycles. The summed E-state index contributed by atoms with van der Waals surface area (Å²) in [7, 11) is 1.61. The lowest BCUT2D eigenvalue weighted by molar-refractivity contribution is 0.143. The molecule has 0 unspecified atom stereocenters. The molecule has 1 saturated heterocycles. The van der Waals surface area contributed by atoms with Crippen molar-refractivity contribution in [3.05, 3.63) is 53.9 Å². The number of rotatable bonds is 4.